The highest BCUT2D eigenvalue weighted by molar-refractivity contribution is 6.30. The van der Waals surface area contributed by atoms with Crippen molar-refractivity contribution in [3.05, 3.63) is 47.1 Å². The molecule has 0 unspecified atom stereocenters. The van der Waals surface area contributed by atoms with Gasteiger partial charge in [-0.3, -0.25) is 0 Å². The maximum absolute atomic E-state index is 9.20. The van der Waals surface area contributed by atoms with Crippen LogP contribution in [-0.4, -0.2) is 35.3 Å². The SMILES string of the molecule is COc1ccnc(N(CCO)Cc2cccc(Cl)c2)n1. The first-order valence-corrected chi connectivity index (χ1v) is 6.58. The summed E-state index contributed by atoms with van der Waals surface area (Å²) in [6.45, 7) is 1.01. The van der Waals surface area contributed by atoms with Crippen molar-refractivity contribution >= 4 is 17.5 Å². The molecule has 0 atom stereocenters. The largest absolute Gasteiger partial charge is 0.481 e. The maximum Gasteiger partial charge on any atom is 0.228 e. The van der Waals surface area contributed by atoms with Crippen LogP contribution >= 0.6 is 11.6 Å². The summed E-state index contributed by atoms with van der Waals surface area (Å²) in [5.74, 6) is 1.00. The first-order chi connectivity index (χ1) is 9.72. The summed E-state index contributed by atoms with van der Waals surface area (Å²) in [6.07, 6.45) is 1.63. The minimum Gasteiger partial charge on any atom is -0.481 e. The summed E-state index contributed by atoms with van der Waals surface area (Å²) in [5.41, 5.74) is 1.03. The zero-order chi connectivity index (χ0) is 14.4. The monoisotopic (exact) mass is 293 g/mol. The van der Waals surface area contributed by atoms with Gasteiger partial charge in [-0.05, 0) is 17.7 Å². The number of halogens is 1. The van der Waals surface area contributed by atoms with Crippen LogP contribution in [0.1, 0.15) is 5.56 Å². The molecular weight excluding hydrogens is 278 g/mol. The van der Waals surface area contributed by atoms with Gasteiger partial charge in [0, 0.05) is 30.4 Å². The van der Waals surface area contributed by atoms with Gasteiger partial charge in [0.15, 0.2) is 0 Å². The van der Waals surface area contributed by atoms with E-state index >= 15 is 0 Å². The smallest absolute Gasteiger partial charge is 0.228 e. The number of ether oxygens (including phenoxy) is 1. The van der Waals surface area contributed by atoms with Gasteiger partial charge < -0.3 is 14.7 Å². The van der Waals surface area contributed by atoms with Crippen LogP contribution in [0.2, 0.25) is 5.02 Å². The number of anilines is 1. The Morgan fingerprint density at radius 3 is 2.90 bits per heavy atom. The molecule has 0 saturated carbocycles. The standard InChI is InChI=1S/C14H16ClN3O2/c1-20-13-5-6-16-14(17-13)18(7-8-19)10-11-3-2-4-12(15)9-11/h2-6,9,19H,7-8,10H2,1H3. The molecule has 0 saturated heterocycles. The first kappa shape index (κ1) is 14.6. The zero-order valence-corrected chi connectivity index (χ0v) is 11.9. The lowest BCUT2D eigenvalue weighted by Crippen LogP contribution is -2.28. The van der Waals surface area contributed by atoms with Crippen LogP contribution in [0.3, 0.4) is 0 Å². The Balaban J connectivity index is 2.21. The van der Waals surface area contributed by atoms with Crippen molar-refractivity contribution in [3.63, 3.8) is 0 Å². The van der Waals surface area contributed by atoms with Crippen LogP contribution in [0.4, 0.5) is 5.95 Å². The molecule has 6 heteroatoms. The van der Waals surface area contributed by atoms with Crippen molar-refractivity contribution in [1.82, 2.24) is 9.97 Å². The summed E-state index contributed by atoms with van der Waals surface area (Å²) < 4.78 is 5.09. The van der Waals surface area contributed by atoms with Gasteiger partial charge in [-0.1, -0.05) is 23.7 Å². The molecule has 0 fully saturated rings. The quantitative estimate of drug-likeness (QED) is 0.884. The third-order valence-corrected chi connectivity index (χ3v) is 2.98. The molecule has 1 aromatic carbocycles. The van der Waals surface area contributed by atoms with E-state index in [0.29, 0.717) is 29.9 Å². The zero-order valence-electron chi connectivity index (χ0n) is 11.2. The number of aliphatic hydroxyl groups excluding tert-OH is 1. The summed E-state index contributed by atoms with van der Waals surface area (Å²) in [5, 5.41) is 9.88. The molecule has 0 aliphatic rings. The summed E-state index contributed by atoms with van der Waals surface area (Å²) in [7, 11) is 1.56. The molecule has 2 aromatic rings. The van der Waals surface area contributed by atoms with E-state index in [-0.39, 0.29) is 6.61 Å². The van der Waals surface area contributed by atoms with Gasteiger partial charge >= 0.3 is 0 Å². The molecule has 0 radical (unpaired) electrons. The van der Waals surface area contributed by atoms with Crippen molar-refractivity contribution in [1.29, 1.82) is 0 Å². The van der Waals surface area contributed by atoms with Gasteiger partial charge in [0.2, 0.25) is 11.8 Å². The van der Waals surface area contributed by atoms with E-state index in [2.05, 4.69) is 9.97 Å². The number of aliphatic hydroxyl groups is 1. The van der Waals surface area contributed by atoms with E-state index in [1.165, 1.54) is 0 Å². The van der Waals surface area contributed by atoms with Crippen LogP contribution in [0, 0.1) is 0 Å². The van der Waals surface area contributed by atoms with Crippen molar-refractivity contribution in [2.24, 2.45) is 0 Å². The van der Waals surface area contributed by atoms with Gasteiger partial charge in [0.1, 0.15) is 0 Å². The lowest BCUT2D eigenvalue weighted by Gasteiger charge is -2.22. The molecule has 1 aromatic heterocycles. The van der Waals surface area contributed by atoms with Crippen molar-refractivity contribution in [2.45, 2.75) is 6.54 Å². The third kappa shape index (κ3) is 3.82. The molecule has 2 rings (SSSR count). The normalized spacial score (nSPS) is 10.3. The van der Waals surface area contributed by atoms with Gasteiger partial charge in [-0.2, -0.15) is 4.98 Å². The average molecular weight is 294 g/mol. The second-order valence-corrected chi connectivity index (χ2v) is 4.61. The third-order valence-electron chi connectivity index (χ3n) is 2.74. The van der Waals surface area contributed by atoms with Crippen LogP contribution in [-0.2, 0) is 6.54 Å². The van der Waals surface area contributed by atoms with Gasteiger partial charge in [0.05, 0.1) is 13.7 Å². The fraction of sp³-hybridized carbons (Fsp3) is 0.286. The van der Waals surface area contributed by atoms with E-state index in [1.807, 2.05) is 29.2 Å². The highest BCUT2D eigenvalue weighted by Gasteiger charge is 2.11. The van der Waals surface area contributed by atoms with Crippen LogP contribution in [0.25, 0.3) is 0 Å². The van der Waals surface area contributed by atoms with E-state index in [0.717, 1.165) is 5.56 Å². The number of rotatable bonds is 6. The fourth-order valence-electron chi connectivity index (χ4n) is 1.82. The van der Waals surface area contributed by atoms with Crippen LogP contribution in [0.15, 0.2) is 36.5 Å². The number of hydrogen-bond acceptors (Lipinski definition) is 5. The van der Waals surface area contributed by atoms with Crippen LogP contribution in [0.5, 0.6) is 5.88 Å². The molecular formula is C14H16ClN3O2. The minimum absolute atomic E-state index is 0.0150. The molecule has 0 spiro atoms. The van der Waals surface area contributed by atoms with Crippen molar-refractivity contribution in [3.8, 4) is 5.88 Å². The summed E-state index contributed by atoms with van der Waals surface area (Å²) >= 11 is 5.98. The molecule has 5 nitrogen and oxygen atoms in total. The molecule has 1 N–H and O–H groups in total. The highest BCUT2D eigenvalue weighted by Crippen LogP contribution is 2.17. The predicted octanol–water partition coefficient (Wildman–Crippen LogP) is 2.14. The van der Waals surface area contributed by atoms with E-state index in [1.54, 1.807) is 19.4 Å². The molecule has 106 valence electrons. The molecule has 0 amide bonds. The predicted molar refractivity (Wildman–Crippen MR) is 78.2 cm³/mol. The van der Waals surface area contributed by atoms with Crippen molar-refractivity contribution < 1.29 is 9.84 Å². The number of benzene rings is 1. The van der Waals surface area contributed by atoms with E-state index in [4.69, 9.17) is 16.3 Å². The number of aromatic nitrogens is 2. The second-order valence-electron chi connectivity index (χ2n) is 4.17. The Hall–Kier alpha value is -1.85. The fourth-order valence-corrected chi connectivity index (χ4v) is 2.04. The maximum atomic E-state index is 9.20. The second kappa shape index (κ2) is 7.07. The summed E-state index contributed by atoms with van der Waals surface area (Å²) in [6, 6.07) is 9.24. The highest BCUT2D eigenvalue weighted by atomic mass is 35.5. The van der Waals surface area contributed by atoms with Crippen molar-refractivity contribution in [2.75, 3.05) is 25.2 Å². The van der Waals surface area contributed by atoms with Crippen LogP contribution < -0.4 is 9.64 Å². The Morgan fingerprint density at radius 1 is 1.35 bits per heavy atom. The topological polar surface area (TPSA) is 58.5 Å². The molecule has 0 aliphatic heterocycles. The minimum atomic E-state index is 0.0150. The first-order valence-electron chi connectivity index (χ1n) is 6.20. The van der Waals surface area contributed by atoms with Gasteiger partial charge in [0.25, 0.3) is 0 Å². The molecule has 0 aliphatic carbocycles. The number of methoxy groups -OCH3 is 1. The lowest BCUT2D eigenvalue weighted by atomic mass is 10.2. The van der Waals surface area contributed by atoms with Gasteiger partial charge in [-0.25, -0.2) is 4.98 Å². The molecule has 1 heterocycles. The molecule has 20 heavy (non-hydrogen) atoms. The summed E-state index contributed by atoms with van der Waals surface area (Å²) in [4.78, 5) is 10.4. The Kier molecular flexibility index (Phi) is 5.15. The van der Waals surface area contributed by atoms with E-state index < -0.39 is 0 Å². The Labute approximate surface area is 122 Å². The Morgan fingerprint density at radius 2 is 2.20 bits per heavy atom. The lowest BCUT2D eigenvalue weighted by molar-refractivity contribution is 0.300. The van der Waals surface area contributed by atoms with Gasteiger partial charge in [-0.15, -0.1) is 0 Å². The number of nitrogens with zero attached hydrogens (tertiary/aromatic N) is 3. The Bertz CT molecular complexity index is 566. The average Bonchev–Trinajstić information content (AvgIpc) is 2.47. The van der Waals surface area contributed by atoms with E-state index in [9.17, 15) is 5.11 Å². The molecule has 0 bridgehead atoms. The number of hydrogen-bond donors (Lipinski definition) is 1.